The highest BCUT2D eigenvalue weighted by molar-refractivity contribution is 5.57. The normalized spacial score (nSPS) is 12.7. The quantitative estimate of drug-likeness (QED) is 0.891. The molecule has 0 amide bonds. The number of nitrogens with one attached hydrogen (secondary N) is 1. The largest absolute Gasteiger partial charge is 0.466 e. The molecule has 1 unspecified atom stereocenters. The van der Waals surface area contributed by atoms with Crippen molar-refractivity contribution in [3.63, 3.8) is 0 Å². The van der Waals surface area contributed by atoms with Crippen LogP contribution in [0.5, 0.6) is 0 Å². The summed E-state index contributed by atoms with van der Waals surface area (Å²) >= 11 is 0. The fourth-order valence-corrected chi connectivity index (χ4v) is 2.46. The Morgan fingerprint density at radius 3 is 2.45 bits per heavy atom. The molecule has 20 heavy (non-hydrogen) atoms. The summed E-state index contributed by atoms with van der Waals surface area (Å²) in [5, 5.41) is 3.41. The van der Waals surface area contributed by atoms with E-state index in [1.165, 1.54) is 6.33 Å². The van der Waals surface area contributed by atoms with Crippen molar-refractivity contribution in [1.29, 1.82) is 0 Å². The molecule has 0 aliphatic rings. The molecule has 3 N–H and O–H groups in total. The summed E-state index contributed by atoms with van der Waals surface area (Å²) in [6.07, 6.45) is 1.49. The van der Waals surface area contributed by atoms with Crippen molar-refractivity contribution in [2.45, 2.75) is 46.6 Å². The van der Waals surface area contributed by atoms with E-state index in [1.54, 1.807) is 0 Å². The zero-order chi connectivity index (χ0) is 14.9. The molecule has 5 heteroatoms. The molecule has 1 atom stereocenters. The first-order valence-electron chi connectivity index (χ1n) is 6.84. The van der Waals surface area contributed by atoms with E-state index in [1.807, 2.05) is 19.9 Å². The van der Waals surface area contributed by atoms with Gasteiger partial charge in [0.1, 0.15) is 29.5 Å². The molecule has 2 rings (SSSR count). The van der Waals surface area contributed by atoms with Crippen LogP contribution in [0.2, 0.25) is 0 Å². The van der Waals surface area contributed by atoms with Gasteiger partial charge in [-0.25, -0.2) is 9.97 Å². The van der Waals surface area contributed by atoms with Crippen LogP contribution in [0.25, 0.3) is 0 Å². The molecule has 0 aromatic carbocycles. The molecule has 2 aromatic rings. The van der Waals surface area contributed by atoms with Gasteiger partial charge in [0.15, 0.2) is 0 Å². The van der Waals surface area contributed by atoms with Crippen LogP contribution in [0.15, 0.2) is 16.8 Å². The molecule has 0 radical (unpaired) electrons. The number of aromatic nitrogens is 2. The predicted octanol–water partition coefficient (Wildman–Crippen LogP) is 3.57. The third-order valence-corrected chi connectivity index (χ3v) is 3.39. The van der Waals surface area contributed by atoms with Gasteiger partial charge >= 0.3 is 0 Å². The molecule has 0 fully saturated rings. The molecule has 2 aromatic heterocycles. The average molecular weight is 274 g/mol. The maximum absolute atomic E-state index is 5.96. The number of nitrogens with two attached hydrogens (primary N) is 1. The van der Waals surface area contributed by atoms with Gasteiger partial charge in [0.2, 0.25) is 0 Å². The van der Waals surface area contributed by atoms with Crippen molar-refractivity contribution in [1.82, 2.24) is 9.97 Å². The van der Waals surface area contributed by atoms with E-state index in [9.17, 15) is 0 Å². The average Bonchev–Trinajstić information content (AvgIpc) is 2.68. The Labute approximate surface area is 119 Å². The van der Waals surface area contributed by atoms with Crippen molar-refractivity contribution in [2.24, 2.45) is 0 Å². The minimum absolute atomic E-state index is 0.0965. The van der Waals surface area contributed by atoms with E-state index in [0.29, 0.717) is 5.82 Å². The maximum Gasteiger partial charge on any atom is 0.135 e. The van der Waals surface area contributed by atoms with Crippen molar-refractivity contribution in [2.75, 3.05) is 11.1 Å². The van der Waals surface area contributed by atoms with Crippen LogP contribution in [-0.2, 0) is 0 Å². The van der Waals surface area contributed by atoms with Crippen molar-refractivity contribution in [3.8, 4) is 0 Å². The molecule has 0 aliphatic carbocycles. The SMILES string of the molecule is Cc1cc(C(C)Nc2ncnc(N)c2C(C)C)c(C)o1. The van der Waals surface area contributed by atoms with Crippen LogP contribution in [0.4, 0.5) is 11.6 Å². The van der Waals surface area contributed by atoms with Gasteiger partial charge in [-0.3, -0.25) is 0 Å². The highest BCUT2D eigenvalue weighted by Crippen LogP contribution is 2.30. The molecule has 0 saturated carbocycles. The van der Waals surface area contributed by atoms with E-state index in [0.717, 1.165) is 28.5 Å². The molecule has 0 aliphatic heterocycles. The van der Waals surface area contributed by atoms with Gasteiger partial charge < -0.3 is 15.5 Å². The summed E-state index contributed by atoms with van der Waals surface area (Å²) in [6.45, 7) is 10.2. The van der Waals surface area contributed by atoms with E-state index in [2.05, 4.69) is 36.1 Å². The van der Waals surface area contributed by atoms with Crippen molar-refractivity contribution in [3.05, 3.63) is 35.0 Å². The van der Waals surface area contributed by atoms with E-state index < -0.39 is 0 Å². The van der Waals surface area contributed by atoms with Gasteiger partial charge in [0.05, 0.1) is 6.04 Å². The number of furan rings is 1. The van der Waals surface area contributed by atoms with Gasteiger partial charge in [0.25, 0.3) is 0 Å². The highest BCUT2D eigenvalue weighted by Gasteiger charge is 2.17. The summed E-state index contributed by atoms with van der Waals surface area (Å²) in [7, 11) is 0. The molecule has 0 bridgehead atoms. The Hall–Kier alpha value is -2.04. The number of nitrogen functional groups attached to an aromatic ring is 1. The second-order valence-corrected chi connectivity index (χ2v) is 5.41. The standard InChI is InChI=1S/C15H22N4O/c1-8(2)13-14(16)17-7-18-15(13)19-10(4)12-6-9(3)20-11(12)5/h6-8,10H,1-5H3,(H3,16,17,18,19). The Kier molecular flexibility index (Phi) is 3.97. The summed E-state index contributed by atoms with van der Waals surface area (Å²) < 4.78 is 5.58. The molecule has 2 heterocycles. The molecule has 5 nitrogen and oxygen atoms in total. The third-order valence-electron chi connectivity index (χ3n) is 3.39. The predicted molar refractivity (Wildman–Crippen MR) is 80.8 cm³/mol. The third kappa shape index (κ3) is 2.76. The lowest BCUT2D eigenvalue weighted by molar-refractivity contribution is 0.499. The molecular weight excluding hydrogens is 252 g/mol. The highest BCUT2D eigenvalue weighted by atomic mass is 16.3. The van der Waals surface area contributed by atoms with Gasteiger partial charge in [-0.15, -0.1) is 0 Å². The first-order valence-corrected chi connectivity index (χ1v) is 6.84. The zero-order valence-electron chi connectivity index (χ0n) is 12.7. The van der Waals surface area contributed by atoms with Crippen LogP contribution in [0.1, 0.15) is 55.4 Å². The number of hydrogen-bond acceptors (Lipinski definition) is 5. The monoisotopic (exact) mass is 274 g/mol. The van der Waals surface area contributed by atoms with E-state index in [-0.39, 0.29) is 12.0 Å². The topological polar surface area (TPSA) is 77.0 Å². The second-order valence-electron chi connectivity index (χ2n) is 5.41. The summed E-state index contributed by atoms with van der Waals surface area (Å²) in [4.78, 5) is 8.40. The molecule has 0 spiro atoms. The maximum atomic E-state index is 5.96. The lowest BCUT2D eigenvalue weighted by Crippen LogP contribution is -2.13. The van der Waals surface area contributed by atoms with Crippen LogP contribution < -0.4 is 11.1 Å². The lowest BCUT2D eigenvalue weighted by atomic mass is 10.0. The van der Waals surface area contributed by atoms with E-state index in [4.69, 9.17) is 10.2 Å². The Bertz CT molecular complexity index is 604. The smallest absolute Gasteiger partial charge is 0.135 e. The minimum Gasteiger partial charge on any atom is -0.466 e. The van der Waals surface area contributed by atoms with Gasteiger partial charge in [-0.1, -0.05) is 13.8 Å². The Balaban J connectivity index is 2.30. The first-order chi connectivity index (χ1) is 9.40. The zero-order valence-corrected chi connectivity index (χ0v) is 12.7. The van der Waals surface area contributed by atoms with Crippen LogP contribution in [0, 0.1) is 13.8 Å². The Morgan fingerprint density at radius 1 is 1.20 bits per heavy atom. The summed E-state index contributed by atoms with van der Waals surface area (Å²) in [5.74, 6) is 3.43. The molecular formula is C15H22N4O. The molecule has 0 saturated heterocycles. The van der Waals surface area contributed by atoms with Crippen LogP contribution >= 0.6 is 0 Å². The number of nitrogens with zero attached hydrogens (tertiary/aromatic N) is 2. The number of rotatable bonds is 4. The Morgan fingerprint density at radius 2 is 1.90 bits per heavy atom. The summed E-state index contributed by atoms with van der Waals surface area (Å²) in [5.41, 5.74) is 8.05. The first kappa shape index (κ1) is 14.4. The number of aryl methyl sites for hydroxylation is 2. The van der Waals surface area contributed by atoms with Crippen LogP contribution in [-0.4, -0.2) is 9.97 Å². The van der Waals surface area contributed by atoms with Crippen molar-refractivity contribution < 1.29 is 4.42 Å². The molecule has 108 valence electrons. The minimum atomic E-state index is 0.0965. The fourth-order valence-electron chi connectivity index (χ4n) is 2.46. The number of anilines is 2. The van der Waals surface area contributed by atoms with E-state index >= 15 is 0 Å². The van der Waals surface area contributed by atoms with Crippen molar-refractivity contribution >= 4 is 11.6 Å². The lowest BCUT2D eigenvalue weighted by Gasteiger charge is -2.19. The summed E-state index contributed by atoms with van der Waals surface area (Å²) in [6, 6.07) is 2.14. The van der Waals surface area contributed by atoms with Gasteiger partial charge in [-0.2, -0.15) is 0 Å². The fraction of sp³-hybridized carbons (Fsp3) is 0.467. The second kappa shape index (κ2) is 5.53. The number of hydrogen-bond donors (Lipinski definition) is 2. The van der Waals surface area contributed by atoms with Crippen LogP contribution in [0.3, 0.4) is 0 Å². The van der Waals surface area contributed by atoms with Gasteiger partial charge in [0, 0.05) is 11.1 Å². The van der Waals surface area contributed by atoms with Gasteiger partial charge in [-0.05, 0) is 32.8 Å².